The SMILES string of the molecule is CC(c1ccc(CO)cc1)N1CCN(C=O)CC1. The van der Waals surface area contributed by atoms with E-state index in [1.807, 2.05) is 17.0 Å². The molecule has 1 heterocycles. The van der Waals surface area contributed by atoms with Gasteiger partial charge in [0.2, 0.25) is 6.41 Å². The van der Waals surface area contributed by atoms with E-state index in [1.54, 1.807) is 0 Å². The number of carbonyl (C=O) groups is 1. The molecule has 4 nitrogen and oxygen atoms in total. The molecule has 1 aliphatic heterocycles. The molecule has 4 heteroatoms. The van der Waals surface area contributed by atoms with Gasteiger partial charge in [0.05, 0.1) is 6.61 Å². The number of amides is 1. The summed E-state index contributed by atoms with van der Waals surface area (Å²) in [6.07, 6.45) is 0.929. The van der Waals surface area contributed by atoms with Crippen molar-refractivity contribution in [2.45, 2.75) is 19.6 Å². The van der Waals surface area contributed by atoms with Gasteiger partial charge < -0.3 is 10.0 Å². The Bertz CT molecular complexity index is 383. The van der Waals surface area contributed by atoms with Crippen LogP contribution in [0.15, 0.2) is 24.3 Å². The predicted molar refractivity (Wildman–Crippen MR) is 70.0 cm³/mol. The smallest absolute Gasteiger partial charge is 0.209 e. The molecule has 0 bridgehead atoms. The number of hydrogen-bond acceptors (Lipinski definition) is 3. The van der Waals surface area contributed by atoms with Gasteiger partial charge in [-0.15, -0.1) is 0 Å². The second-order valence-electron chi connectivity index (χ2n) is 4.75. The van der Waals surface area contributed by atoms with Crippen molar-refractivity contribution in [3.05, 3.63) is 35.4 Å². The Morgan fingerprint density at radius 3 is 2.33 bits per heavy atom. The number of carbonyl (C=O) groups excluding carboxylic acids is 1. The molecule has 0 saturated carbocycles. The van der Waals surface area contributed by atoms with Crippen molar-refractivity contribution in [3.63, 3.8) is 0 Å². The summed E-state index contributed by atoms with van der Waals surface area (Å²) in [5.41, 5.74) is 2.20. The summed E-state index contributed by atoms with van der Waals surface area (Å²) in [5, 5.41) is 9.02. The Hall–Kier alpha value is -1.39. The molecular weight excluding hydrogens is 228 g/mol. The topological polar surface area (TPSA) is 43.8 Å². The van der Waals surface area contributed by atoms with Crippen molar-refractivity contribution in [1.82, 2.24) is 9.80 Å². The molecule has 1 aromatic rings. The quantitative estimate of drug-likeness (QED) is 0.809. The third-order valence-electron chi connectivity index (χ3n) is 3.69. The lowest BCUT2D eigenvalue weighted by Crippen LogP contribution is -2.46. The minimum absolute atomic E-state index is 0.0900. The Labute approximate surface area is 108 Å². The molecule has 0 radical (unpaired) electrons. The first-order chi connectivity index (χ1) is 8.74. The van der Waals surface area contributed by atoms with E-state index in [0.29, 0.717) is 6.04 Å². The Morgan fingerprint density at radius 1 is 1.22 bits per heavy atom. The zero-order valence-corrected chi connectivity index (χ0v) is 10.7. The fraction of sp³-hybridized carbons (Fsp3) is 0.500. The van der Waals surface area contributed by atoms with Gasteiger partial charge in [-0.1, -0.05) is 24.3 Å². The van der Waals surface area contributed by atoms with Crippen LogP contribution in [0.3, 0.4) is 0 Å². The molecule has 2 rings (SSSR count). The van der Waals surface area contributed by atoms with Gasteiger partial charge in [-0.25, -0.2) is 0 Å². The van der Waals surface area contributed by atoms with Crippen LogP contribution in [-0.2, 0) is 11.4 Å². The van der Waals surface area contributed by atoms with Crippen molar-refractivity contribution in [2.75, 3.05) is 26.2 Å². The fourth-order valence-electron chi connectivity index (χ4n) is 2.34. The van der Waals surface area contributed by atoms with E-state index in [4.69, 9.17) is 5.11 Å². The van der Waals surface area contributed by atoms with E-state index in [-0.39, 0.29) is 6.61 Å². The average molecular weight is 248 g/mol. The summed E-state index contributed by atoms with van der Waals surface area (Å²) < 4.78 is 0. The molecule has 1 fully saturated rings. The lowest BCUT2D eigenvalue weighted by molar-refractivity contribution is -0.120. The number of nitrogens with zero attached hydrogens (tertiary/aromatic N) is 2. The largest absolute Gasteiger partial charge is 0.392 e. The monoisotopic (exact) mass is 248 g/mol. The number of piperazine rings is 1. The van der Waals surface area contributed by atoms with Crippen molar-refractivity contribution in [2.24, 2.45) is 0 Å². The second kappa shape index (κ2) is 5.98. The summed E-state index contributed by atoms with van der Waals surface area (Å²) in [4.78, 5) is 14.9. The van der Waals surface area contributed by atoms with Gasteiger partial charge in [0, 0.05) is 32.2 Å². The maximum Gasteiger partial charge on any atom is 0.209 e. The minimum atomic E-state index is 0.0900. The van der Waals surface area contributed by atoms with Gasteiger partial charge in [0.15, 0.2) is 0 Å². The van der Waals surface area contributed by atoms with Crippen molar-refractivity contribution in [3.8, 4) is 0 Å². The van der Waals surface area contributed by atoms with Crippen molar-refractivity contribution >= 4 is 6.41 Å². The molecule has 0 aromatic heterocycles. The van der Waals surface area contributed by atoms with E-state index in [9.17, 15) is 4.79 Å². The first-order valence-corrected chi connectivity index (χ1v) is 6.37. The molecule has 1 unspecified atom stereocenters. The Kier molecular flexibility index (Phi) is 4.33. The van der Waals surface area contributed by atoms with Gasteiger partial charge in [0.1, 0.15) is 0 Å². The molecule has 1 N–H and O–H groups in total. The van der Waals surface area contributed by atoms with Crippen LogP contribution in [0.2, 0.25) is 0 Å². The van der Waals surface area contributed by atoms with Gasteiger partial charge in [-0.3, -0.25) is 9.69 Å². The van der Waals surface area contributed by atoms with Gasteiger partial charge in [-0.05, 0) is 18.1 Å². The highest BCUT2D eigenvalue weighted by atomic mass is 16.3. The normalized spacial score (nSPS) is 18.7. The average Bonchev–Trinajstić information content (AvgIpc) is 2.47. The fourth-order valence-corrected chi connectivity index (χ4v) is 2.34. The lowest BCUT2D eigenvalue weighted by atomic mass is 10.0. The molecule has 1 saturated heterocycles. The summed E-state index contributed by atoms with van der Waals surface area (Å²) in [5.74, 6) is 0. The minimum Gasteiger partial charge on any atom is -0.392 e. The maximum atomic E-state index is 10.7. The van der Waals surface area contributed by atoms with Crippen LogP contribution in [0.4, 0.5) is 0 Å². The van der Waals surface area contributed by atoms with Gasteiger partial charge >= 0.3 is 0 Å². The molecule has 1 aliphatic rings. The molecule has 98 valence electrons. The third kappa shape index (κ3) is 2.89. The van der Waals surface area contributed by atoms with Crippen LogP contribution in [0.25, 0.3) is 0 Å². The van der Waals surface area contributed by atoms with E-state index < -0.39 is 0 Å². The zero-order valence-electron chi connectivity index (χ0n) is 10.7. The summed E-state index contributed by atoms with van der Waals surface area (Å²) in [7, 11) is 0. The van der Waals surface area contributed by atoms with E-state index in [1.165, 1.54) is 5.56 Å². The number of hydrogen-bond donors (Lipinski definition) is 1. The van der Waals surface area contributed by atoms with Crippen LogP contribution in [0.1, 0.15) is 24.1 Å². The Balaban J connectivity index is 1.98. The first kappa shape index (κ1) is 13.1. The maximum absolute atomic E-state index is 10.7. The number of aliphatic hydroxyl groups is 1. The van der Waals surface area contributed by atoms with Crippen LogP contribution >= 0.6 is 0 Å². The second-order valence-corrected chi connectivity index (χ2v) is 4.75. The highest BCUT2D eigenvalue weighted by molar-refractivity contribution is 5.47. The van der Waals surface area contributed by atoms with E-state index in [0.717, 1.165) is 38.2 Å². The molecular formula is C14H20N2O2. The van der Waals surface area contributed by atoms with Crippen LogP contribution in [0, 0.1) is 0 Å². The highest BCUT2D eigenvalue weighted by Gasteiger charge is 2.20. The molecule has 0 aliphatic carbocycles. The Morgan fingerprint density at radius 2 is 1.83 bits per heavy atom. The van der Waals surface area contributed by atoms with Crippen LogP contribution < -0.4 is 0 Å². The summed E-state index contributed by atoms with van der Waals surface area (Å²) in [6, 6.07) is 8.43. The lowest BCUT2D eigenvalue weighted by Gasteiger charge is -2.36. The van der Waals surface area contributed by atoms with Crippen molar-refractivity contribution in [1.29, 1.82) is 0 Å². The van der Waals surface area contributed by atoms with Gasteiger partial charge in [0.25, 0.3) is 0 Å². The van der Waals surface area contributed by atoms with E-state index >= 15 is 0 Å². The number of aliphatic hydroxyl groups excluding tert-OH is 1. The number of benzene rings is 1. The van der Waals surface area contributed by atoms with Gasteiger partial charge in [-0.2, -0.15) is 0 Å². The van der Waals surface area contributed by atoms with E-state index in [2.05, 4.69) is 24.0 Å². The van der Waals surface area contributed by atoms with Crippen LogP contribution in [-0.4, -0.2) is 47.5 Å². The first-order valence-electron chi connectivity index (χ1n) is 6.37. The summed E-state index contributed by atoms with van der Waals surface area (Å²) in [6.45, 7) is 5.73. The zero-order chi connectivity index (χ0) is 13.0. The molecule has 1 atom stereocenters. The van der Waals surface area contributed by atoms with Crippen molar-refractivity contribution < 1.29 is 9.90 Å². The number of rotatable bonds is 4. The third-order valence-corrected chi connectivity index (χ3v) is 3.69. The molecule has 18 heavy (non-hydrogen) atoms. The standard InChI is InChI=1S/C14H20N2O2/c1-12(14-4-2-13(10-17)3-5-14)16-8-6-15(11-18)7-9-16/h2-5,11-12,17H,6-10H2,1H3. The summed E-state index contributed by atoms with van der Waals surface area (Å²) >= 11 is 0. The highest BCUT2D eigenvalue weighted by Crippen LogP contribution is 2.21. The molecule has 0 spiro atoms. The van der Waals surface area contributed by atoms with Crippen LogP contribution in [0.5, 0.6) is 0 Å². The molecule has 1 amide bonds. The molecule has 1 aromatic carbocycles. The predicted octanol–water partition coefficient (Wildman–Crippen LogP) is 1.01.